The van der Waals surface area contributed by atoms with Crippen molar-refractivity contribution in [2.75, 3.05) is 5.32 Å². The van der Waals surface area contributed by atoms with Gasteiger partial charge in [0.15, 0.2) is 5.13 Å². The smallest absolute Gasteiger partial charge is 0.262 e. The zero-order chi connectivity index (χ0) is 19.5. The molecule has 0 fully saturated rings. The fraction of sp³-hybridized carbons (Fsp3) is 0.0952. The molecule has 2 heterocycles. The Bertz CT molecular complexity index is 1200. The summed E-state index contributed by atoms with van der Waals surface area (Å²) in [4.78, 5) is 21.6. The highest BCUT2D eigenvalue weighted by atomic mass is 79.9. The molecule has 2 aromatic carbocycles. The van der Waals surface area contributed by atoms with Crippen molar-refractivity contribution in [3.05, 3.63) is 81.3 Å². The molecule has 1 N–H and O–H groups in total. The van der Waals surface area contributed by atoms with E-state index < -0.39 is 0 Å². The topological polar surface area (TPSA) is 67.5 Å². The van der Waals surface area contributed by atoms with E-state index in [1.165, 1.54) is 16.9 Å². The maximum absolute atomic E-state index is 12.9. The lowest BCUT2D eigenvalue weighted by molar-refractivity contribution is 0.102. The van der Waals surface area contributed by atoms with Crippen molar-refractivity contribution in [3.63, 3.8) is 0 Å². The van der Waals surface area contributed by atoms with E-state index in [4.69, 9.17) is 4.42 Å². The average molecular weight is 454 g/mol. The second-order valence-electron chi connectivity index (χ2n) is 6.07. The third kappa shape index (κ3) is 4.05. The number of hydrogen-bond donors (Lipinski definition) is 1. The Morgan fingerprint density at radius 2 is 2.04 bits per heavy atom. The van der Waals surface area contributed by atoms with Crippen LogP contribution in [0.25, 0.3) is 11.0 Å². The van der Waals surface area contributed by atoms with Crippen molar-refractivity contribution >= 4 is 55.0 Å². The van der Waals surface area contributed by atoms with Gasteiger partial charge in [-0.15, -0.1) is 11.3 Å². The Kier molecular flexibility index (Phi) is 5.36. The third-order valence-electron chi connectivity index (χ3n) is 4.18. The highest BCUT2D eigenvalue weighted by Crippen LogP contribution is 2.21. The van der Waals surface area contributed by atoms with Gasteiger partial charge in [0.1, 0.15) is 11.1 Å². The van der Waals surface area contributed by atoms with E-state index in [-0.39, 0.29) is 11.5 Å². The Labute approximate surface area is 173 Å². The van der Waals surface area contributed by atoms with Crippen LogP contribution in [0.15, 0.2) is 74.0 Å². The van der Waals surface area contributed by atoms with Crippen LogP contribution in [0, 0.1) is 0 Å². The first-order valence-corrected chi connectivity index (χ1v) is 10.4. The summed E-state index contributed by atoms with van der Waals surface area (Å²) in [6.45, 7) is 2.10. The monoisotopic (exact) mass is 453 g/mol. The van der Waals surface area contributed by atoms with E-state index in [1.807, 2.05) is 42.5 Å². The minimum Gasteiger partial charge on any atom is -0.438 e. The quantitative estimate of drug-likeness (QED) is 0.430. The summed E-state index contributed by atoms with van der Waals surface area (Å²) in [6, 6.07) is 15.3. The molecule has 0 aliphatic heterocycles. The number of benzene rings is 2. The number of carbonyl (C=O) groups is 1. The predicted molar refractivity (Wildman–Crippen MR) is 115 cm³/mol. The molecule has 140 valence electrons. The van der Waals surface area contributed by atoms with Gasteiger partial charge >= 0.3 is 0 Å². The molecule has 0 bridgehead atoms. The molecule has 2 aromatic heterocycles. The summed E-state index contributed by atoms with van der Waals surface area (Å²) in [5.74, 6) is -0.315. The first kappa shape index (κ1) is 18.6. The summed E-state index contributed by atoms with van der Waals surface area (Å²) in [7, 11) is 0. The fourth-order valence-electron chi connectivity index (χ4n) is 2.72. The summed E-state index contributed by atoms with van der Waals surface area (Å²) in [5.41, 5.74) is 3.20. The molecule has 7 heteroatoms. The average Bonchev–Trinajstić information content (AvgIpc) is 3.21. The van der Waals surface area contributed by atoms with Gasteiger partial charge in [-0.1, -0.05) is 35.0 Å². The highest BCUT2D eigenvalue weighted by molar-refractivity contribution is 9.10. The van der Waals surface area contributed by atoms with E-state index in [0.717, 1.165) is 22.0 Å². The summed E-state index contributed by atoms with van der Waals surface area (Å²) >= 11 is 4.81. The molecule has 28 heavy (non-hydrogen) atoms. The van der Waals surface area contributed by atoms with Crippen LogP contribution in [0.4, 0.5) is 10.8 Å². The molecule has 5 nitrogen and oxygen atoms in total. The number of aromatic nitrogens is 1. The first-order valence-electron chi connectivity index (χ1n) is 8.70. The second-order valence-corrected chi connectivity index (χ2v) is 7.88. The Morgan fingerprint density at radius 3 is 2.75 bits per heavy atom. The van der Waals surface area contributed by atoms with Crippen LogP contribution in [-0.2, 0) is 6.42 Å². The second kappa shape index (κ2) is 8.08. The molecule has 4 rings (SSSR count). The highest BCUT2D eigenvalue weighted by Gasteiger charge is 2.14. The maximum Gasteiger partial charge on any atom is 0.262 e. The van der Waals surface area contributed by atoms with Crippen LogP contribution in [0.3, 0.4) is 0 Å². The number of carbonyl (C=O) groups excluding carboxylic acids is 1. The zero-order valence-corrected chi connectivity index (χ0v) is 17.4. The molecule has 0 radical (unpaired) electrons. The largest absolute Gasteiger partial charge is 0.438 e. The minimum absolute atomic E-state index is 0.258. The number of anilines is 1. The lowest BCUT2D eigenvalue weighted by atomic mass is 10.1. The van der Waals surface area contributed by atoms with Gasteiger partial charge in [0.05, 0.1) is 5.69 Å². The van der Waals surface area contributed by atoms with Crippen LogP contribution in [0.2, 0.25) is 0 Å². The van der Waals surface area contributed by atoms with Crippen molar-refractivity contribution < 1.29 is 9.21 Å². The van der Waals surface area contributed by atoms with Crippen LogP contribution < -0.4 is 10.9 Å². The molecular formula is C21H16BrN3O2S. The van der Waals surface area contributed by atoms with E-state index in [9.17, 15) is 4.79 Å². The van der Waals surface area contributed by atoms with Gasteiger partial charge in [-0.2, -0.15) is 0 Å². The number of amides is 1. The normalized spacial score (nSPS) is 11.7. The summed E-state index contributed by atoms with van der Waals surface area (Å²) < 4.78 is 6.89. The number of nitrogens with zero attached hydrogens (tertiary/aromatic N) is 2. The van der Waals surface area contributed by atoms with Gasteiger partial charge in [0.2, 0.25) is 5.55 Å². The van der Waals surface area contributed by atoms with Gasteiger partial charge in [-0.3, -0.25) is 10.1 Å². The van der Waals surface area contributed by atoms with Gasteiger partial charge in [0.25, 0.3) is 5.91 Å². The van der Waals surface area contributed by atoms with Gasteiger partial charge in [-0.25, -0.2) is 9.98 Å². The molecule has 1 amide bonds. The number of nitrogens with one attached hydrogen (secondary N) is 1. The number of rotatable bonds is 4. The molecule has 0 spiro atoms. The van der Waals surface area contributed by atoms with Gasteiger partial charge in [0, 0.05) is 21.4 Å². The van der Waals surface area contributed by atoms with Crippen LogP contribution in [-0.4, -0.2) is 10.9 Å². The molecule has 0 saturated heterocycles. The third-order valence-corrected chi connectivity index (χ3v) is 5.36. The summed E-state index contributed by atoms with van der Waals surface area (Å²) in [5, 5.41) is 5.93. The standard InChI is InChI=1S/C21H16BrN3O2S/c1-2-13-3-6-16(7-4-13)24-20-17(19(26)25-21-23-9-10-28-21)12-14-11-15(22)5-8-18(14)27-20/h3-12H,2H2,1H3,(H,23,25,26). The number of thiazole rings is 1. The molecule has 4 aromatic rings. The molecule has 0 aliphatic rings. The molecule has 0 aliphatic carbocycles. The predicted octanol–water partition coefficient (Wildman–Crippen LogP) is 5.70. The van der Waals surface area contributed by atoms with E-state index in [2.05, 4.69) is 38.1 Å². The maximum atomic E-state index is 12.9. The van der Waals surface area contributed by atoms with E-state index in [1.54, 1.807) is 17.6 Å². The Balaban J connectivity index is 1.85. The first-order chi connectivity index (χ1) is 13.6. The van der Waals surface area contributed by atoms with E-state index >= 15 is 0 Å². The SMILES string of the molecule is CCc1ccc(N=c2oc3ccc(Br)cc3cc2C(=O)Nc2nccs2)cc1. The number of aryl methyl sites for hydroxylation is 1. The minimum atomic E-state index is -0.315. The van der Waals surface area contributed by atoms with Crippen LogP contribution in [0.5, 0.6) is 0 Å². The Hall–Kier alpha value is -2.77. The summed E-state index contributed by atoms with van der Waals surface area (Å²) in [6.07, 6.45) is 2.60. The number of hydrogen-bond acceptors (Lipinski definition) is 5. The lowest BCUT2D eigenvalue weighted by Crippen LogP contribution is -2.21. The zero-order valence-electron chi connectivity index (χ0n) is 15.0. The Morgan fingerprint density at radius 1 is 1.21 bits per heavy atom. The van der Waals surface area contributed by atoms with Crippen molar-refractivity contribution in [1.29, 1.82) is 0 Å². The van der Waals surface area contributed by atoms with Crippen molar-refractivity contribution in [2.24, 2.45) is 4.99 Å². The molecule has 0 saturated carbocycles. The molecule has 0 unspecified atom stereocenters. The number of fused-ring (bicyclic) bond motifs is 1. The molecule has 0 atom stereocenters. The van der Waals surface area contributed by atoms with Gasteiger partial charge in [-0.05, 0) is 48.4 Å². The fourth-order valence-corrected chi connectivity index (χ4v) is 3.62. The van der Waals surface area contributed by atoms with Gasteiger partial charge < -0.3 is 4.42 Å². The van der Waals surface area contributed by atoms with Crippen molar-refractivity contribution in [3.8, 4) is 0 Å². The van der Waals surface area contributed by atoms with Crippen LogP contribution >= 0.6 is 27.3 Å². The molecular weight excluding hydrogens is 438 g/mol. The van der Waals surface area contributed by atoms with Crippen molar-refractivity contribution in [1.82, 2.24) is 4.98 Å². The number of halogens is 1. The van der Waals surface area contributed by atoms with E-state index in [0.29, 0.717) is 16.3 Å². The van der Waals surface area contributed by atoms with Crippen molar-refractivity contribution in [2.45, 2.75) is 13.3 Å². The van der Waals surface area contributed by atoms with Crippen LogP contribution in [0.1, 0.15) is 22.8 Å². The lowest BCUT2D eigenvalue weighted by Gasteiger charge is -2.06.